The zero-order chi connectivity index (χ0) is 13.3. The molecule has 0 fully saturated rings. The summed E-state index contributed by atoms with van der Waals surface area (Å²) in [7, 11) is -3.75. The predicted octanol–water partition coefficient (Wildman–Crippen LogP) is 1.72. The molecule has 0 spiro atoms. The molecule has 0 saturated carbocycles. The van der Waals surface area contributed by atoms with E-state index in [-0.39, 0.29) is 5.56 Å². The first-order chi connectivity index (χ1) is 7.59. The summed E-state index contributed by atoms with van der Waals surface area (Å²) in [6.07, 6.45) is -3.42. The minimum Gasteiger partial charge on any atom is -0.265 e. The van der Waals surface area contributed by atoms with E-state index < -0.39 is 34.4 Å². The van der Waals surface area contributed by atoms with Gasteiger partial charge in [-0.2, -0.15) is 21.6 Å². The van der Waals surface area contributed by atoms with E-state index in [0.717, 1.165) is 6.26 Å². The standard InChI is InChI=1S/C8H7F4NO3S/c1-17(14,15)16-4-5-2-6(9)7(13-3-5)8(10,11)12/h2-3H,4H2,1H3. The molecule has 96 valence electrons. The Morgan fingerprint density at radius 1 is 1.41 bits per heavy atom. The van der Waals surface area contributed by atoms with E-state index in [1.54, 1.807) is 0 Å². The van der Waals surface area contributed by atoms with Crippen LogP contribution in [0.1, 0.15) is 11.3 Å². The number of alkyl halides is 3. The van der Waals surface area contributed by atoms with Crippen LogP contribution in [-0.2, 0) is 27.1 Å². The minimum atomic E-state index is -4.89. The number of halogens is 4. The summed E-state index contributed by atoms with van der Waals surface area (Å²) in [5.74, 6) is -1.58. The van der Waals surface area contributed by atoms with Crippen molar-refractivity contribution in [2.24, 2.45) is 0 Å². The SMILES string of the molecule is CS(=O)(=O)OCc1cnc(C(F)(F)F)c(F)c1. The van der Waals surface area contributed by atoms with E-state index in [1.807, 2.05) is 0 Å². The van der Waals surface area contributed by atoms with E-state index in [1.165, 1.54) is 0 Å². The Labute approximate surface area is 94.4 Å². The molecule has 0 aliphatic carbocycles. The van der Waals surface area contributed by atoms with Crippen molar-refractivity contribution < 1.29 is 30.2 Å². The first-order valence-electron chi connectivity index (χ1n) is 4.15. The average Bonchev–Trinajstić information content (AvgIpc) is 2.11. The monoisotopic (exact) mass is 273 g/mol. The van der Waals surface area contributed by atoms with Crippen LogP contribution >= 0.6 is 0 Å². The zero-order valence-electron chi connectivity index (χ0n) is 8.45. The van der Waals surface area contributed by atoms with E-state index in [2.05, 4.69) is 9.17 Å². The van der Waals surface area contributed by atoms with Crippen molar-refractivity contribution in [1.29, 1.82) is 0 Å². The molecule has 9 heteroatoms. The molecule has 0 amide bonds. The molecule has 0 atom stereocenters. The largest absolute Gasteiger partial charge is 0.436 e. The smallest absolute Gasteiger partial charge is 0.265 e. The summed E-state index contributed by atoms with van der Waals surface area (Å²) < 4.78 is 74.8. The predicted molar refractivity (Wildman–Crippen MR) is 48.8 cm³/mol. The summed E-state index contributed by atoms with van der Waals surface area (Å²) in [5, 5.41) is 0. The van der Waals surface area contributed by atoms with Crippen molar-refractivity contribution in [2.75, 3.05) is 6.26 Å². The minimum absolute atomic E-state index is 0.110. The molecule has 0 bridgehead atoms. The highest BCUT2D eigenvalue weighted by Crippen LogP contribution is 2.29. The van der Waals surface area contributed by atoms with Gasteiger partial charge in [-0.05, 0) is 6.07 Å². The van der Waals surface area contributed by atoms with Crippen LogP contribution in [-0.4, -0.2) is 19.7 Å². The summed E-state index contributed by atoms with van der Waals surface area (Å²) in [4.78, 5) is 2.88. The second-order valence-electron chi connectivity index (χ2n) is 3.14. The fourth-order valence-corrected chi connectivity index (χ4v) is 1.29. The Hall–Kier alpha value is -1.22. The van der Waals surface area contributed by atoms with Gasteiger partial charge in [0.15, 0.2) is 11.5 Å². The van der Waals surface area contributed by atoms with Crippen LogP contribution in [0.3, 0.4) is 0 Å². The third-order valence-corrected chi connectivity index (χ3v) is 2.15. The first kappa shape index (κ1) is 13.8. The molecule has 0 aliphatic heterocycles. The van der Waals surface area contributed by atoms with Crippen molar-refractivity contribution in [3.63, 3.8) is 0 Å². The second kappa shape index (κ2) is 4.57. The summed E-state index contributed by atoms with van der Waals surface area (Å²) in [6.45, 7) is -0.569. The van der Waals surface area contributed by atoms with Gasteiger partial charge in [0.25, 0.3) is 10.1 Å². The molecule has 17 heavy (non-hydrogen) atoms. The van der Waals surface area contributed by atoms with Gasteiger partial charge < -0.3 is 0 Å². The Bertz CT molecular complexity index is 512. The van der Waals surface area contributed by atoms with Gasteiger partial charge in [0.2, 0.25) is 0 Å². The van der Waals surface area contributed by atoms with Crippen LogP contribution in [0.15, 0.2) is 12.3 Å². The molecule has 1 rings (SSSR count). The first-order valence-corrected chi connectivity index (χ1v) is 5.97. The summed E-state index contributed by atoms with van der Waals surface area (Å²) in [6, 6.07) is 0.529. The molecule has 0 saturated heterocycles. The van der Waals surface area contributed by atoms with E-state index >= 15 is 0 Å². The maximum atomic E-state index is 13.0. The highest BCUT2D eigenvalue weighted by Gasteiger charge is 2.36. The molecule has 0 aromatic carbocycles. The highest BCUT2D eigenvalue weighted by molar-refractivity contribution is 7.85. The lowest BCUT2D eigenvalue weighted by molar-refractivity contribution is -0.143. The van der Waals surface area contributed by atoms with E-state index in [9.17, 15) is 26.0 Å². The summed E-state index contributed by atoms with van der Waals surface area (Å²) in [5.41, 5.74) is -1.76. The number of rotatable bonds is 3. The molecule has 1 aromatic heterocycles. The maximum absolute atomic E-state index is 13.0. The lowest BCUT2D eigenvalue weighted by Crippen LogP contribution is -2.12. The quantitative estimate of drug-likeness (QED) is 0.621. The lowest BCUT2D eigenvalue weighted by Gasteiger charge is -2.08. The van der Waals surface area contributed by atoms with Gasteiger partial charge in [-0.1, -0.05) is 0 Å². The van der Waals surface area contributed by atoms with Gasteiger partial charge >= 0.3 is 6.18 Å². The van der Waals surface area contributed by atoms with Gasteiger partial charge in [-0.25, -0.2) is 9.37 Å². The molecule has 0 aliphatic rings. The van der Waals surface area contributed by atoms with Crippen LogP contribution in [0.2, 0.25) is 0 Å². The van der Waals surface area contributed by atoms with Crippen LogP contribution < -0.4 is 0 Å². The van der Waals surface area contributed by atoms with Crippen LogP contribution in [0.5, 0.6) is 0 Å². The van der Waals surface area contributed by atoms with Gasteiger partial charge in [0.1, 0.15) is 0 Å². The molecule has 1 heterocycles. The topological polar surface area (TPSA) is 56.3 Å². The van der Waals surface area contributed by atoms with E-state index in [4.69, 9.17) is 0 Å². The number of aromatic nitrogens is 1. The van der Waals surface area contributed by atoms with Crippen LogP contribution in [0.25, 0.3) is 0 Å². The van der Waals surface area contributed by atoms with Crippen molar-refractivity contribution >= 4 is 10.1 Å². The third-order valence-electron chi connectivity index (χ3n) is 1.61. The molecule has 0 radical (unpaired) electrons. The number of nitrogens with zero attached hydrogens (tertiary/aromatic N) is 1. The summed E-state index contributed by atoms with van der Waals surface area (Å²) >= 11 is 0. The number of hydrogen-bond donors (Lipinski definition) is 0. The fourth-order valence-electron chi connectivity index (χ4n) is 0.940. The van der Waals surface area contributed by atoms with Crippen molar-refractivity contribution in [1.82, 2.24) is 4.98 Å². The number of hydrogen-bond acceptors (Lipinski definition) is 4. The van der Waals surface area contributed by atoms with Gasteiger partial charge in [-0.15, -0.1) is 0 Å². The number of pyridine rings is 1. The molecule has 0 unspecified atom stereocenters. The molecular formula is C8H7F4NO3S. The Balaban J connectivity index is 2.90. The van der Waals surface area contributed by atoms with Crippen molar-refractivity contribution in [3.8, 4) is 0 Å². The van der Waals surface area contributed by atoms with Crippen molar-refractivity contribution in [2.45, 2.75) is 12.8 Å². The Morgan fingerprint density at radius 2 is 2.00 bits per heavy atom. The van der Waals surface area contributed by atoms with E-state index in [0.29, 0.717) is 12.3 Å². The second-order valence-corrected chi connectivity index (χ2v) is 4.78. The normalized spacial score (nSPS) is 12.8. The molecular weight excluding hydrogens is 266 g/mol. The molecule has 4 nitrogen and oxygen atoms in total. The Morgan fingerprint density at radius 3 is 2.41 bits per heavy atom. The van der Waals surface area contributed by atoms with Crippen LogP contribution in [0.4, 0.5) is 17.6 Å². The van der Waals surface area contributed by atoms with Gasteiger partial charge in [0, 0.05) is 11.8 Å². The molecule has 0 N–H and O–H groups in total. The molecule has 1 aromatic rings. The average molecular weight is 273 g/mol. The lowest BCUT2D eigenvalue weighted by atomic mass is 10.2. The zero-order valence-corrected chi connectivity index (χ0v) is 9.27. The maximum Gasteiger partial charge on any atom is 0.436 e. The van der Waals surface area contributed by atoms with Crippen LogP contribution in [0, 0.1) is 5.82 Å². The fraction of sp³-hybridized carbons (Fsp3) is 0.375. The van der Waals surface area contributed by atoms with Crippen molar-refractivity contribution in [3.05, 3.63) is 29.3 Å². The van der Waals surface area contributed by atoms with Gasteiger partial charge in [-0.3, -0.25) is 4.18 Å². The highest BCUT2D eigenvalue weighted by atomic mass is 32.2. The Kier molecular flexibility index (Phi) is 3.72. The third kappa shape index (κ3) is 4.27. The van der Waals surface area contributed by atoms with Gasteiger partial charge in [0.05, 0.1) is 12.9 Å².